The summed E-state index contributed by atoms with van der Waals surface area (Å²) in [5, 5.41) is 13.6. The molecule has 2 aromatic carbocycles. The third-order valence-corrected chi connectivity index (χ3v) is 3.91. The van der Waals surface area contributed by atoms with Gasteiger partial charge in [-0.25, -0.2) is 4.98 Å². The van der Waals surface area contributed by atoms with Crippen LogP contribution < -0.4 is 0 Å². The van der Waals surface area contributed by atoms with Crippen LogP contribution in [-0.2, 0) is 6.54 Å². The number of phenolic OH excluding ortho intramolecular Hbond substituents is 1. The van der Waals surface area contributed by atoms with E-state index < -0.39 is 0 Å². The van der Waals surface area contributed by atoms with E-state index in [1.54, 1.807) is 25.3 Å². The average Bonchev–Trinajstić information content (AvgIpc) is 3.25. The predicted octanol–water partition coefficient (Wildman–Crippen LogP) is 3.66. The van der Waals surface area contributed by atoms with Gasteiger partial charge in [-0.2, -0.15) is 4.98 Å². The molecule has 0 amide bonds. The lowest BCUT2D eigenvalue weighted by atomic mass is 10.1. The molecule has 0 aliphatic heterocycles. The minimum atomic E-state index is 0.229. The van der Waals surface area contributed by atoms with Gasteiger partial charge in [0.05, 0.1) is 0 Å². The number of aryl methyl sites for hydroxylation is 1. The van der Waals surface area contributed by atoms with Crippen molar-refractivity contribution in [3.05, 3.63) is 72.4 Å². The lowest BCUT2D eigenvalue weighted by Crippen LogP contribution is -2.01. The minimum Gasteiger partial charge on any atom is -0.508 e. The molecule has 0 bridgehead atoms. The molecule has 0 fully saturated rings. The molecule has 1 N–H and O–H groups in total. The number of aromatic nitrogens is 4. The molecule has 4 rings (SSSR count). The molecule has 0 aliphatic carbocycles. The highest BCUT2D eigenvalue weighted by Crippen LogP contribution is 2.23. The Morgan fingerprint density at radius 3 is 2.64 bits per heavy atom. The highest BCUT2D eigenvalue weighted by atomic mass is 16.5. The van der Waals surface area contributed by atoms with E-state index in [2.05, 4.69) is 15.1 Å². The van der Waals surface area contributed by atoms with Gasteiger partial charge in [-0.15, -0.1) is 0 Å². The molecule has 6 heteroatoms. The monoisotopic (exact) mass is 332 g/mol. The summed E-state index contributed by atoms with van der Waals surface area (Å²) in [5.41, 5.74) is 2.92. The molecule has 2 aromatic heterocycles. The predicted molar refractivity (Wildman–Crippen MR) is 92.9 cm³/mol. The van der Waals surface area contributed by atoms with Crippen LogP contribution in [0.2, 0.25) is 0 Å². The Kier molecular flexibility index (Phi) is 3.78. The largest absolute Gasteiger partial charge is 0.508 e. The number of phenols is 1. The fraction of sp³-hybridized carbons (Fsp3) is 0.105. The molecular formula is C19H16N4O2. The molecule has 0 unspecified atom stereocenters. The zero-order valence-corrected chi connectivity index (χ0v) is 13.6. The number of benzene rings is 2. The van der Waals surface area contributed by atoms with Crippen molar-refractivity contribution in [3.8, 4) is 28.5 Å². The molecule has 0 aliphatic rings. The highest BCUT2D eigenvalue weighted by Gasteiger charge is 2.09. The maximum atomic E-state index is 9.68. The molecule has 0 spiro atoms. The first-order chi connectivity index (χ1) is 12.2. The van der Waals surface area contributed by atoms with Crippen LogP contribution in [0.1, 0.15) is 11.5 Å². The van der Waals surface area contributed by atoms with E-state index >= 15 is 0 Å². The molecule has 25 heavy (non-hydrogen) atoms. The van der Waals surface area contributed by atoms with Crippen molar-refractivity contribution in [2.24, 2.45) is 0 Å². The van der Waals surface area contributed by atoms with E-state index in [4.69, 9.17) is 4.52 Å². The van der Waals surface area contributed by atoms with Gasteiger partial charge in [0, 0.05) is 37.0 Å². The summed E-state index contributed by atoms with van der Waals surface area (Å²) in [6, 6.07) is 15.1. The first-order valence-electron chi connectivity index (χ1n) is 7.89. The van der Waals surface area contributed by atoms with Crippen LogP contribution in [0.5, 0.6) is 5.75 Å². The first kappa shape index (κ1) is 15.1. The maximum absolute atomic E-state index is 9.68. The SMILES string of the molecule is Cc1nc(-c2ccc(Cn3ccnc3-c3cccc(O)c3)cc2)no1. The maximum Gasteiger partial charge on any atom is 0.223 e. The number of aromatic hydroxyl groups is 1. The van der Waals surface area contributed by atoms with E-state index in [-0.39, 0.29) is 5.75 Å². The number of imidazole rings is 1. The van der Waals surface area contributed by atoms with Crippen LogP contribution >= 0.6 is 0 Å². The van der Waals surface area contributed by atoms with Crippen molar-refractivity contribution < 1.29 is 9.63 Å². The van der Waals surface area contributed by atoms with Gasteiger partial charge in [0.1, 0.15) is 11.6 Å². The standard InChI is InChI=1S/C19H16N4O2/c1-13-21-18(22-25-13)15-7-5-14(6-8-15)12-23-10-9-20-19(23)16-3-2-4-17(24)11-16/h2-11,24H,12H2,1H3. The van der Waals surface area contributed by atoms with E-state index in [0.29, 0.717) is 18.3 Å². The Labute approximate surface area is 144 Å². The summed E-state index contributed by atoms with van der Waals surface area (Å²) in [4.78, 5) is 8.64. The van der Waals surface area contributed by atoms with E-state index in [9.17, 15) is 5.11 Å². The second-order valence-electron chi connectivity index (χ2n) is 5.76. The summed E-state index contributed by atoms with van der Waals surface area (Å²) in [6.07, 6.45) is 3.69. The van der Waals surface area contributed by atoms with Crippen molar-refractivity contribution >= 4 is 0 Å². The summed E-state index contributed by atoms with van der Waals surface area (Å²) in [6.45, 7) is 2.45. The number of rotatable bonds is 4. The van der Waals surface area contributed by atoms with Crippen LogP contribution in [0, 0.1) is 6.92 Å². The second kappa shape index (κ2) is 6.24. The Hall–Kier alpha value is -3.41. The lowest BCUT2D eigenvalue weighted by Gasteiger charge is -2.09. The zero-order chi connectivity index (χ0) is 17.2. The number of hydrogen-bond acceptors (Lipinski definition) is 5. The van der Waals surface area contributed by atoms with Gasteiger partial charge in [-0.05, 0) is 17.7 Å². The third-order valence-electron chi connectivity index (χ3n) is 3.91. The average molecular weight is 332 g/mol. The van der Waals surface area contributed by atoms with Gasteiger partial charge < -0.3 is 14.2 Å². The molecule has 0 atom stereocenters. The number of hydrogen-bond donors (Lipinski definition) is 1. The second-order valence-corrected chi connectivity index (χ2v) is 5.76. The summed E-state index contributed by atoms with van der Waals surface area (Å²) in [7, 11) is 0. The van der Waals surface area contributed by atoms with E-state index in [1.165, 1.54) is 0 Å². The number of nitrogens with zero attached hydrogens (tertiary/aromatic N) is 4. The fourth-order valence-electron chi connectivity index (χ4n) is 2.71. The summed E-state index contributed by atoms with van der Waals surface area (Å²) in [5.74, 6) is 2.18. The van der Waals surface area contributed by atoms with Crippen LogP contribution in [0.15, 0.2) is 65.4 Å². The van der Waals surface area contributed by atoms with Crippen LogP contribution in [0.3, 0.4) is 0 Å². The van der Waals surface area contributed by atoms with E-state index in [0.717, 1.165) is 22.5 Å². The van der Waals surface area contributed by atoms with Crippen molar-refractivity contribution in [2.75, 3.05) is 0 Å². The summed E-state index contributed by atoms with van der Waals surface area (Å²) >= 11 is 0. The topological polar surface area (TPSA) is 77.0 Å². The van der Waals surface area contributed by atoms with Crippen LogP contribution in [0.25, 0.3) is 22.8 Å². The van der Waals surface area contributed by atoms with Crippen molar-refractivity contribution in [3.63, 3.8) is 0 Å². The Balaban J connectivity index is 1.58. The lowest BCUT2D eigenvalue weighted by molar-refractivity contribution is 0.394. The molecule has 124 valence electrons. The fourth-order valence-corrected chi connectivity index (χ4v) is 2.71. The minimum absolute atomic E-state index is 0.229. The smallest absolute Gasteiger partial charge is 0.223 e. The molecule has 2 heterocycles. The van der Waals surface area contributed by atoms with Gasteiger partial charge in [0.15, 0.2) is 0 Å². The molecular weight excluding hydrogens is 316 g/mol. The summed E-state index contributed by atoms with van der Waals surface area (Å²) < 4.78 is 7.06. The molecule has 4 aromatic rings. The highest BCUT2D eigenvalue weighted by molar-refractivity contribution is 5.58. The van der Waals surface area contributed by atoms with Crippen molar-refractivity contribution in [2.45, 2.75) is 13.5 Å². The first-order valence-corrected chi connectivity index (χ1v) is 7.89. The van der Waals surface area contributed by atoms with Crippen LogP contribution in [-0.4, -0.2) is 24.8 Å². The van der Waals surface area contributed by atoms with Crippen LogP contribution in [0.4, 0.5) is 0 Å². The van der Waals surface area contributed by atoms with Gasteiger partial charge in [0.2, 0.25) is 11.7 Å². The normalized spacial score (nSPS) is 10.9. The molecule has 6 nitrogen and oxygen atoms in total. The Morgan fingerprint density at radius 2 is 1.92 bits per heavy atom. The van der Waals surface area contributed by atoms with Gasteiger partial charge in [-0.1, -0.05) is 41.6 Å². The van der Waals surface area contributed by atoms with Gasteiger partial charge in [0.25, 0.3) is 0 Å². The van der Waals surface area contributed by atoms with E-state index in [1.807, 2.05) is 47.2 Å². The Bertz CT molecular complexity index is 1000. The van der Waals surface area contributed by atoms with Gasteiger partial charge >= 0.3 is 0 Å². The van der Waals surface area contributed by atoms with Gasteiger partial charge in [-0.3, -0.25) is 0 Å². The Morgan fingerprint density at radius 1 is 1.08 bits per heavy atom. The molecule has 0 saturated heterocycles. The van der Waals surface area contributed by atoms with Crippen molar-refractivity contribution in [1.29, 1.82) is 0 Å². The quantitative estimate of drug-likeness (QED) is 0.617. The third kappa shape index (κ3) is 3.14. The molecule has 0 radical (unpaired) electrons. The molecule has 0 saturated carbocycles. The zero-order valence-electron chi connectivity index (χ0n) is 13.6. The van der Waals surface area contributed by atoms with Crippen molar-refractivity contribution in [1.82, 2.24) is 19.7 Å².